The Morgan fingerprint density at radius 2 is 1.77 bits per heavy atom. The minimum absolute atomic E-state index is 0.108. The average Bonchev–Trinajstić information content (AvgIpc) is 2.91. The molecule has 43 heavy (non-hydrogen) atoms. The second kappa shape index (κ2) is 12.6. The van der Waals surface area contributed by atoms with E-state index in [1.807, 2.05) is 25.8 Å². The highest BCUT2D eigenvalue weighted by atomic mass is 28.3. The Balaban J connectivity index is 1.74. The lowest BCUT2D eigenvalue weighted by Gasteiger charge is -2.44. The molecule has 1 aliphatic heterocycles. The van der Waals surface area contributed by atoms with Gasteiger partial charge in [0.05, 0.1) is 41.0 Å². The number of likely N-dealkylation sites (N-methyl/N-ethyl adjacent to an activating group) is 1. The Hall–Kier alpha value is -3.58. The largest absolute Gasteiger partial charge is 0.478 e. The van der Waals surface area contributed by atoms with Crippen molar-refractivity contribution in [1.82, 2.24) is 20.1 Å². The number of carbonyl (C=O) groups is 1. The maximum Gasteiger partial charge on any atom is 0.417 e. The van der Waals surface area contributed by atoms with Crippen LogP contribution in [0.3, 0.4) is 0 Å². The van der Waals surface area contributed by atoms with E-state index in [4.69, 9.17) is 4.74 Å². The van der Waals surface area contributed by atoms with Crippen LogP contribution in [0, 0.1) is 12.7 Å². The van der Waals surface area contributed by atoms with Crippen LogP contribution in [0.1, 0.15) is 35.5 Å². The van der Waals surface area contributed by atoms with Gasteiger partial charge < -0.3 is 15.0 Å². The number of benzene rings is 1. The Labute approximate surface area is 250 Å². The highest BCUT2D eigenvalue weighted by molar-refractivity contribution is 6.76. The van der Waals surface area contributed by atoms with Crippen LogP contribution < -0.4 is 15.0 Å². The van der Waals surface area contributed by atoms with Gasteiger partial charge in [-0.2, -0.15) is 23.4 Å². The highest BCUT2D eigenvalue weighted by Crippen LogP contribution is 2.38. The SMILES string of the molecule is Cc1cc(-c2cc(NC(=O)c3cnc(OCC[Si](C)(C)C)cc3C(F)(F)F)c(N3CC(C)N(C)C(C)C3)cc2F)cnn1. The fraction of sp³-hybridized carbons (Fsp3) is 0.467. The molecular weight excluding hydrogens is 580 g/mol. The summed E-state index contributed by atoms with van der Waals surface area (Å²) in [6.07, 6.45) is -2.57. The molecule has 0 radical (unpaired) electrons. The van der Waals surface area contributed by atoms with Gasteiger partial charge >= 0.3 is 6.18 Å². The fourth-order valence-electron chi connectivity index (χ4n) is 4.95. The van der Waals surface area contributed by atoms with Crippen LogP contribution in [0.5, 0.6) is 5.88 Å². The van der Waals surface area contributed by atoms with Crippen LogP contribution in [0.15, 0.2) is 36.7 Å². The molecule has 2 atom stereocenters. The normalized spacial score (nSPS) is 18.1. The molecule has 0 aliphatic carbocycles. The molecule has 0 saturated carbocycles. The summed E-state index contributed by atoms with van der Waals surface area (Å²) in [6.45, 7) is 13.4. The molecule has 0 spiro atoms. The number of hydrogen-bond acceptors (Lipinski definition) is 7. The lowest BCUT2D eigenvalue weighted by Crippen LogP contribution is -2.55. The van der Waals surface area contributed by atoms with Crippen LogP contribution >= 0.6 is 0 Å². The minimum Gasteiger partial charge on any atom is -0.478 e. The lowest BCUT2D eigenvalue weighted by atomic mass is 10.0. The van der Waals surface area contributed by atoms with Crippen LogP contribution in [-0.4, -0.2) is 72.9 Å². The molecule has 2 unspecified atom stereocenters. The maximum atomic E-state index is 15.6. The van der Waals surface area contributed by atoms with Gasteiger partial charge in [0.15, 0.2) is 0 Å². The van der Waals surface area contributed by atoms with Gasteiger partial charge in [-0.15, -0.1) is 0 Å². The number of ether oxygens (including phenoxy) is 1. The molecule has 13 heteroatoms. The smallest absolute Gasteiger partial charge is 0.417 e. The van der Waals surface area contributed by atoms with Crippen molar-refractivity contribution in [3.63, 3.8) is 0 Å². The van der Waals surface area contributed by atoms with E-state index < -0.39 is 37.1 Å². The molecule has 1 N–H and O–H groups in total. The number of alkyl halides is 3. The summed E-state index contributed by atoms with van der Waals surface area (Å²) in [5.41, 5.74) is -0.180. The lowest BCUT2D eigenvalue weighted by molar-refractivity contribution is -0.138. The predicted octanol–water partition coefficient (Wildman–Crippen LogP) is 6.50. The zero-order valence-electron chi connectivity index (χ0n) is 25.5. The fourth-order valence-corrected chi connectivity index (χ4v) is 5.66. The van der Waals surface area contributed by atoms with Gasteiger partial charge in [-0.25, -0.2) is 9.37 Å². The first-order valence-corrected chi connectivity index (χ1v) is 17.9. The summed E-state index contributed by atoms with van der Waals surface area (Å²) < 4.78 is 63.6. The van der Waals surface area contributed by atoms with Crippen molar-refractivity contribution in [2.24, 2.45) is 0 Å². The molecule has 232 valence electrons. The van der Waals surface area contributed by atoms with E-state index in [0.717, 1.165) is 18.3 Å². The molecule has 1 saturated heterocycles. The van der Waals surface area contributed by atoms with Crippen LogP contribution in [-0.2, 0) is 6.18 Å². The van der Waals surface area contributed by atoms with Crippen molar-refractivity contribution in [3.05, 3.63) is 59.3 Å². The molecule has 3 heterocycles. The van der Waals surface area contributed by atoms with E-state index in [2.05, 4.69) is 45.0 Å². The monoisotopic (exact) mass is 618 g/mol. The van der Waals surface area contributed by atoms with Gasteiger partial charge in [-0.3, -0.25) is 9.69 Å². The summed E-state index contributed by atoms with van der Waals surface area (Å²) in [7, 11) is 0.520. The molecule has 1 aromatic carbocycles. The number of carbonyl (C=O) groups excluding carboxylic acids is 1. The number of anilines is 2. The number of hydrogen-bond donors (Lipinski definition) is 1. The summed E-state index contributed by atoms with van der Waals surface area (Å²) >= 11 is 0. The van der Waals surface area contributed by atoms with E-state index in [1.54, 1.807) is 13.0 Å². The molecule has 0 bridgehead atoms. The Kier molecular flexibility index (Phi) is 9.45. The molecule has 1 amide bonds. The maximum absolute atomic E-state index is 15.6. The van der Waals surface area contributed by atoms with E-state index in [-0.39, 0.29) is 35.8 Å². The number of rotatable bonds is 8. The number of amides is 1. The van der Waals surface area contributed by atoms with E-state index in [9.17, 15) is 18.0 Å². The summed E-state index contributed by atoms with van der Waals surface area (Å²) in [5, 5.41) is 10.5. The molecule has 1 fully saturated rings. The average molecular weight is 619 g/mol. The number of aromatic nitrogens is 3. The van der Waals surface area contributed by atoms with Crippen LogP contribution in [0.4, 0.5) is 28.9 Å². The third-order valence-corrected chi connectivity index (χ3v) is 9.36. The molecule has 3 aromatic rings. The first-order chi connectivity index (χ1) is 20.0. The highest BCUT2D eigenvalue weighted by Gasteiger charge is 2.37. The molecule has 2 aromatic heterocycles. The van der Waals surface area contributed by atoms with Gasteiger partial charge in [0.1, 0.15) is 5.82 Å². The van der Waals surface area contributed by atoms with E-state index >= 15 is 4.39 Å². The standard InChI is InChI=1S/C30H38F4N6O2Si/c1-18-10-21(14-36-38-18)22-11-26(27(13-25(22)31)40-16-19(2)39(4)20(3)17-40)37-29(41)23-15-35-28(12-24(23)30(32,33)34)42-8-9-43(5,6)7/h10-15,19-20H,8-9,16-17H2,1-7H3,(H,37,41). The topological polar surface area (TPSA) is 83.5 Å². The van der Waals surface area contributed by atoms with Gasteiger partial charge in [0.2, 0.25) is 5.88 Å². The minimum atomic E-state index is -4.84. The second-order valence-electron chi connectivity index (χ2n) is 12.4. The van der Waals surface area contributed by atoms with Crippen molar-refractivity contribution in [1.29, 1.82) is 0 Å². The van der Waals surface area contributed by atoms with Gasteiger partial charge in [0.25, 0.3) is 5.91 Å². The van der Waals surface area contributed by atoms with Gasteiger partial charge in [0, 0.05) is 56.6 Å². The molecule has 8 nitrogen and oxygen atoms in total. The summed E-state index contributed by atoms with van der Waals surface area (Å²) in [5.74, 6) is -1.78. The number of nitrogens with zero attached hydrogens (tertiary/aromatic N) is 5. The third kappa shape index (κ3) is 7.88. The molecule has 4 rings (SSSR count). The zero-order chi connectivity index (χ0) is 31.7. The van der Waals surface area contributed by atoms with Crippen molar-refractivity contribution in [3.8, 4) is 17.0 Å². The number of halogens is 4. The van der Waals surface area contributed by atoms with E-state index in [1.165, 1.54) is 18.3 Å². The Morgan fingerprint density at radius 3 is 2.37 bits per heavy atom. The first-order valence-electron chi connectivity index (χ1n) is 14.1. The van der Waals surface area contributed by atoms with Crippen LogP contribution in [0.2, 0.25) is 25.7 Å². The van der Waals surface area contributed by atoms with Gasteiger partial charge in [-0.1, -0.05) is 19.6 Å². The van der Waals surface area contributed by atoms with Crippen molar-refractivity contribution >= 4 is 25.4 Å². The van der Waals surface area contributed by atoms with Crippen molar-refractivity contribution in [2.75, 3.05) is 37.0 Å². The zero-order valence-corrected chi connectivity index (χ0v) is 26.5. The quantitative estimate of drug-likeness (QED) is 0.228. The second-order valence-corrected chi connectivity index (χ2v) is 18.0. The molecule has 1 aliphatic rings. The number of nitrogens with one attached hydrogen (secondary N) is 1. The summed E-state index contributed by atoms with van der Waals surface area (Å²) in [6, 6.07) is 6.09. The molecular formula is C30H38F4N6O2Si. The van der Waals surface area contributed by atoms with E-state index in [0.29, 0.717) is 30.0 Å². The number of piperazine rings is 1. The first kappa shape index (κ1) is 32.3. The van der Waals surface area contributed by atoms with Gasteiger partial charge in [-0.05, 0) is 52.1 Å². The third-order valence-electron chi connectivity index (χ3n) is 7.65. The summed E-state index contributed by atoms with van der Waals surface area (Å²) in [4.78, 5) is 21.6. The Morgan fingerprint density at radius 1 is 1.09 bits per heavy atom. The van der Waals surface area contributed by atoms with Crippen LogP contribution in [0.25, 0.3) is 11.1 Å². The van der Waals surface area contributed by atoms with Crippen molar-refractivity contribution < 1.29 is 27.1 Å². The number of pyridine rings is 1. The van der Waals surface area contributed by atoms with Crippen molar-refractivity contribution in [2.45, 2.75) is 64.7 Å². The number of aryl methyl sites for hydroxylation is 1. The Bertz CT molecular complexity index is 1470. The predicted molar refractivity (Wildman–Crippen MR) is 162 cm³/mol.